The molecule has 6 heavy (non-hydrogen) atoms. The highest BCUT2D eigenvalue weighted by Gasteiger charge is 1.78. The molecule has 34 valence electrons. The van der Waals surface area contributed by atoms with Gasteiger partial charge in [0.05, 0.1) is 0 Å². The van der Waals surface area contributed by atoms with Gasteiger partial charge in [-0.25, -0.2) is 0 Å². The zero-order chi connectivity index (χ0) is 4.83. The van der Waals surface area contributed by atoms with Gasteiger partial charge in [-0.05, 0) is 0 Å². The predicted molar refractivity (Wildman–Crippen MR) is 32.7 cm³/mol. The van der Waals surface area contributed by atoms with Crippen LogP contribution in [0.25, 0.3) is 0 Å². The third kappa shape index (κ3) is 4.43. The Morgan fingerprint density at radius 1 is 1.50 bits per heavy atom. The summed E-state index contributed by atoms with van der Waals surface area (Å²) in [5.41, 5.74) is 1.47. The minimum Gasteiger partial charge on any atom is -0.0735 e. The van der Waals surface area contributed by atoms with Crippen molar-refractivity contribution < 1.29 is 0 Å². The fourth-order valence-corrected chi connectivity index (χ4v) is 2.25. The van der Waals surface area contributed by atoms with E-state index in [4.69, 9.17) is 0 Å². The van der Waals surface area contributed by atoms with Crippen LogP contribution in [0.15, 0.2) is 0 Å². The summed E-state index contributed by atoms with van der Waals surface area (Å²) in [4.78, 5) is 0. The maximum atomic E-state index is 2.27. The topological polar surface area (TPSA) is 0 Å². The summed E-state index contributed by atoms with van der Waals surface area (Å²) < 4.78 is 0. The highest BCUT2D eigenvalue weighted by molar-refractivity contribution is 6.54. The largest absolute Gasteiger partial charge is 0.0735 e. The first-order valence-electron chi connectivity index (χ1n) is 2.27. The van der Waals surface area contributed by atoms with Crippen molar-refractivity contribution in [2.24, 2.45) is 0 Å². The molecule has 0 fully saturated rings. The van der Waals surface area contributed by atoms with Gasteiger partial charge in [0, 0.05) is 19.0 Å². The van der Waals surface area contributed by atoms with Gasteiger partial charge in [0.2, 0.25) is 0 Å². The van der Waals surface area contributed by atoms with Crippen LogP contribution < -0.4 is 0 Å². The van der Waals surface area contributed by atoms with Crippen molar-refractivity contribution in [3.63, 3.8) is 0 Å². The molecule has 0 unspecified atom stereocenters. The highest BCUT2D eigenvalue weighted by Crippen LogP contribution is 1.78. The first-order chi connectivity index (χ1) is 2.91. The van der Waals surface area contributed by atoms with Crippen molar-refractivity contribution in [3.05, 3.63) is 0 Å². The van der Waals surface area contributed by atoms with Crippen molar-refractivity contribution in [1.29, 1.82) is 0 Å². The standard InChI is InChI=1S/C4H10Si2/c1-3-6-4-5-2/h3-4H2,1-2H3. The molecule has 0 aromatic rings. The normalized spacial score (nSPS) is 9.00. The van der Waals surface area contributed by atoms with Crippen molar-refractivity contribution in [3.8, 4) is 0 Å². The molecule has 0 aliphatic heterocycles. The summed E-state index contributed by atoms with van der Waals surface area (Å²) >= 11 is 0. The fraction of sp³-hybridized carbons (Fsp3) is 1.00. The smallest absolute Gasteiger partial charge is 0.0340 e. The van der Waals surface area contributed by atoms with E-state index in [2.05, 4.69) is 13.5 Å². The minimum absolute atomic E-state index is 1.18. The third-order valence-electron chi connectivity index (χ3n) is 0.552. The van der Waals surface area contributed by atoms with E-state index in [0.717, 1.165) is 0 Å². The van der Waals surface area contributed by atoms with Gasteiger partial charge in [-0.3, -0.25) is 0 Å². The number of hydrogen-bond donors (Lipinski definition) is 0. The van der Waals surface area contributed by atoms with E-state index in [-0.39, 0.29) is 0 Å². The van der Waals surface area contributed by atoms with Crippen LogP contribution in [-0.4, -0.2) is 19.0 Å². The quantitative estimate of drug-likeness (QED) is 0.383. The SMILES string of the molecule is CC[Si]C[Si]C. The molecular formula is C4H10Si2. The molecule has 0 amide bonds. The lowest BCUT2D eigenvalue weighted by atomic mass is 11.0. The Kier molecular flexibility index (Phi) is 5.83. The van der Waals surface area contributed by atoms with Gasteiger partial charge in [-0.15, -0.1) is 0 Å². The van der Waals surface area contributed by atoms with Crippen LogP contribution in [0.5, 0.6) is 0 Å². The Bertz CT molecular complexity index is 17.5. The molecule has 0 rings (SSSR count). The Labute approximate surface area is 45.0 Å². The van der Waals surface area contributed by atoms with Gasteiger partial charge in [0.15, 0.2) is 0 Å². The second kappa shape index (κ2) is 5.43. The van der Waals surface area contributed by atoms with E-state index in [1.54, 1.807) is 0 Å². The second-order valence-corrected chi connectivity index (χ2v) is 4.46. The summed E-state index contributed by atoms with van der Waals surface area (Å²) in [6.07, 6.45) is 0. The summed E-state index contributed by atoms with van der Waals surface area (Å²) in [7, 11) is 2.40. The molecule has 0 spiro atoms. The van der Waals surface area contributed by atoms with Crippen LogP contribution >= 0.6 is 0 Å². The van der Waals surface area contributed by atoms with Crippen molar-refractivity contribution >= 4 is 19.0 Å². The molecule has 0 aromatic heterocycles. The molecule has 0 saturated carbocycles. The van der Waals surface area contributed by atoms with Crippen LogP contribution in [0.4, 0.5) is 0 Å². The van der Waals surface area contributed by atoms with Gasteiger partial charge in [0.25, 0.3) is 0 Å². The Morgan fingerprint density at radius 3 is 2.33 bits per heavy atom. The van der Waals surface area contributed by atoms with Gasteiger partial charge < -0.3 is 0 Å². The molecule has 0 bridgehead atoms. The second-order valence-electron chi connectivity index (χ2n) is 1.13. The molecular weight excluding hydrogens is 104 g/mol. The van der Waals surface area contributed by atoms with Crippen molar-refractivity contribution in [1.82, 2.24) is 0 Å². The van der Waals surface area contributed by atoms with Crippen LogP contribution in [-0.2, 0) is 0 Å². The lowest BCUT2D eigenvalue weighted by Crippen LogP contribution is -1.89. The third-order valence-corrected chi connectivity index (χ3v) is 3.47. The highest BCUT2D eigenvalue weighted by atomic mass is 28.3. The van der Waals surface area contributed by atoms with Crippen LogP contribution in [0, 0.1) is 0 Å². The lowest BCUT2D eigenvalue weighted by Gasteiger charge is -1.83. The van der Waals surface area contributed by atoms with Crippen molar-refractivity contribution in [2.75, 3.05) is 0 Å². The van der Waals surface area contributed by atoms with E-state index in [1.807, 2.05) is 0 Å². The summed E-state index contributed by atoms with van der Waals surface area (Å²) in [6, 6.07) is 1.39. The van der Waals surface area contributed by atoms with Crippen LogP contribution in [0.1, 0.15) is 6.92 Å². The first-order valence-corrected chi connectivity index (χ1v) is 5.39. The summed E-state index contributed by atoms with van der Waals surface area (Å²) in [5.74, 6) is 0. The van der Waals surface area contributed by atoms with Crippen LogP contribution in [0.3, 0.4) is 0 Å². The molecule has 0 heterocycles. The Morgan fingerprint density at radius 2 is 2.17 bits per heavy atom. The predicted octanol–water partition coefficient (Wildman–Crippen LogP) is 1.26. The minimum atomic E-state index is 1.18. The molecule has 2 heteroatoms. The van der Waals surface area contributed by atoms with Gasteiger partial charge >= 0.3 is 0 Å². The zero-order valence-electron chi connectivity index (χ0n) is 4.41. The van der Waals surface area contributed by atoms with Gasteiger partial charge in [-0.2, -0.15) is 0 Å². The summed E-state index contributed by atoms with van der Waals surface area (Å²) in [5, 5.41) is 0. The van der Waals surface area contributed by atoms with E-state index < -0.39 is 0 Å². The number of rotatable bonds is 3. The Balaban J connectivity index is 2.34. The van der Waals surface area contributed by atoms with Gasteiger partial charge in [0.1, 0.15) is 0 Å². The molecule has 0 nitrogen and oxygen atoms in total. The first kappa shape index (κ1) is 6.43. The molecule has 0 N–H and O–H groups in total. The number of hydrogen-bond acceptors (Lipinski definition) is 0. The van der Waals surface area contributed by atoms with E-state index in [9.17, 15) is 0 Å². The van der Waals surface area contributed by atoms with Gasteiger partial charge in [-0.1, -0.05) is 25.2 Å². The maximum Gasteiger partial charge on any atom is 0.0340 e. The van der Waals surface area contributed by atoms with E-state index in [1.165, 1.54) is 30.8 Å². The van der Waals surface area contributed by atoms with E-state index in [0.29, 0.717) is 0 Å². The molecule has 0 aromatic carbocycles. The van der Waals surface area contributed by atoms with Crippen molar-refractivity contribution in [2.45, 2.75) is 25.2 Å². The summed E-state index contributed by atoms with van der Waals surface area (Å²) in [6.45, 7) is 4.52. The van der Waals surface area contributed by atoms with Crippen LogP contribution in [0.2, 0.25) is 18.3 Å². The fourth-order valence-electron chi connectivity index (χ4n) is 0.250. The monoisotopic (exact) mass is 114 g/mol. The Hall–Kier alpha value is 0.434. The molecule has 0 aliphatic rings. The molecule has 0 aliphatic carbocycles. The molecule has 0 atom stereocenters. The molecule has 0 saturated heterocycles. The molecule has 4 radical (unpaired) electrons. The zero-order valence-corrected chi connectivity index (χ0v) is 6.41. The lowest BCUT2D eigenvalue weighted by molar-refractivity contribution is 1.44. The average Bonchev–Trinajstić information content (AvgIpc) is 1.61. The average molecular weight is 114 g/mol. The maximum absolute atomic E-state index is 2.27. The van der Waals surface area contributed by atoms with E-state index >= 15 is 0 Å².